The summed E-state index contributed by atoms with van der Waals surface area (Å²) in [6.45, 7) is 5.79. The van der Waals surface area contributed by atoms with Crippen LogP contribution in [0.1, 0.15) is 20.3 Å². The van der Waals surface area contributed by atoms with E-state index in [0.29, 0.717) is 6.61 Å². The SMILES string of the molecule is CCCNc1ccnc(-c2cccc(OCC)c2)c1. The second-order valence-electron chi connectivity index (χ2n) is 4.32. The third kappa shape index (κ3) is 3.71. The fourth-order valence-electron chi connectivity index (χ4n) is 1.88. The zero-order valence-corrected chi connectivity index (χ0v) is 11.5. The van der Waals surface area contributed by atoms with Crippen LogP contribution in [0.5, 0.6) is 5.75 Å². The van der Waals surface area contributed by atoms with Gasteiger partial charge < -0.3 is 10.1 Å². The number of pyridine rings is 1. The number of anilines is 1. The van der Waals surface area contributed by atoms with Crippen molar-refractivity contribution in [1.82, 2.24) is 4.98 Å². The van der Waals surface area contributed by atoms with Gasteiger partial charge >= 0.3 is 0 Å². The van der Waals surface area contributed by atoms with Gasteiger partial charge in [0.1, 0.15) is 5.75 Å². The van der Waals surface area contributed by atoms with E-state index >= 15 is 0 Å². The summed E-state index contributed by atoms with van der Waals surface area (Å²) in [5, 5.41) is 3.37. The first kappa shape index (κ1) is 13.4. The van der Waals surface area contributed by atoms with Crippen LogP contribution in [-0.4, -0.2) is 18.1 Å². The van der Waals surface area contributed by atoms with Crippen molar-refractivity contribution in [2.45, 2.75) is 20.3 Å². The van der Waals surface area contributed by atoms with E-state index in [4.69, 9.17) is 4.74 Å². The van der Waals surface area contributed by atoms with Crippen molar-refractivity contribution in [2.24, 2.45) is 0 Å². The molecular weight excluding hydrogens is 236 g/mol. The number of rotatable bonds is 6. The zero-order chi connectivity index (χ0) is 13.5. The Morgan fingerprint density at radius 3 is 2.84 bits per heavy atom. The molecule has 0 amide bonds. The number of nitrogens with one attached hydrogen (secondary N) is 1. The average molecular weight is 256 g/mol. The highest BCUT2D eigenvalue weighted by molar-refractivity contribution is 5.65. The van der Waals surface area contributed by atoms with Gasteiger partial charge in [-0.3, -0.25) is 4.98 Å². The summed E-state index contributed by atoms with van der Waals surface area (Å²) < 4.78 is 5.52. The number of aromatic nitrogens is 1. The molecule has 0 saturated heterocycles. The van der Waals surface area contributed by atoms with Gasteiger partial charge in [-0.1, -0.05) is 19.1 Å². The van der Waals surface area contributed by atoms with E-state index in [9.17, 15) is 0 Å². The fraction of sp³-hybridized carbons (Fsp3) is 0.312. The number of ether oxygens (including phenoxy) is 1. The highest BCUT2D eigenvalue weighted by Crippen LogP contribution is 2.24. The molecule has 19 heavy (non-hydrogen) atoms. The van der Waals surface area contributed by atoms with Gasteiger partial charge in [0.05, 0.1) is 12.3 Å². The Balaban J connectivity index is 2.23. The minimum absolute atomic E-state index is 0.676. The molecule has 3 nitrogen and oxygen atoms in total. The first-order valence-corrected chi connectivity index (χ1v) is 6.76. The smallest absolute Gasteiger partial charge is 0.119 e. The van der Waals surface area contributed by atoms with Crippen LogP contribution in [0.15, 0.2) is 42.6 Å². The van der Waals surface area contributed by atoms with E-state index in [1.807, 2.05) is 37.4 Å². The van der Waals surface area contributed by atoms with Crippen molar-refractivity contribution in [3.63, 3.8) is 0 Å². The largest absolute Gasteiger partial charge is 0.494 e. The lowest BCUT2D eigenvalue weighted by Crippen LogP contribution is -2.00. The molecule has 0 fully saturated rings. The Labute approximate surface area is 114 Å². The summed E-state index contributed by atoms with van der Waals surface area (Å²) in [6, 6.07) is 12.1. The van der Waals surface area contributed by atoms with Crippen LogP contribution in [0.4, 0.5) is 5.69 Å². The lowest BCUT2D eigenvalue weighted by molar-refractivity contribution is 0.340. The summed E-state index contributed by atoms with van der Waals surface area (Å²) in [4.78, 5) is 4.42. The van der Waals surface area contributed by atoms with E-state index in [1.165, 1.54) is 0 Å². The van der Waals surface area contributed by atoms with Crippen LogP contribution < -0.4 is 10.1 Å². The topological polar surface area (TPSA) is 34.2 Å². The van der Waals surface area contributed by atoms with Gasteiger partial charge in [0.15, 0.2) is 0 Å². The molecule has 1 heterocycles. The molecule has 0 aliphatic heterocycles. The summed E-state index contributed by atoms with van der Waals surface area (Å²) >= 11 is 0. The first-order valence-electron chi connectivity index (χ1n) is 6.76. The van der Waals surface area contributed by atoms with Crippen LogP contribution in [-0.2, 0) is 0 Å². The normalized spacial score (nSPS) is 10.2. The average Bonchev–Trinajstić information content (AvgIpc) is 2.46. The number of nitrogens with zero attached hydrogens (tertiary/aromatic N) is 1. The Bertz CT molecular complexity index is 526. The van der Waals surface area contributed by atoms with Crippen LogP contribution >= 0.6 is 0 Å². The Hall–Kier alpha value is -2.03. The van der Waals surface area contributed by atoms with E-state index in [0.717, 1.165) is 35.7 Å². The zero-order valence-electron chi connectivity index (χ0n) is 11.5. The predicted molar refractivity (Wildman–Crippen MR) is 79.6 cm³/mol. The summed E-state index contributed by atoms with van der Waals surface area (Å²) in [5.74, 6) is 0.883. The summed E-state index contributed by atoms with van der Waals surface area (Å²) in [6.07, 6.45) is 2.94. The molecule has 0 unspecified atom stereocenters. The lowest BCUT2D eigenvalue weighted by Gasteiger charge is -2.08. The maximum Gasteiger partial charge on any atom is 0.119 e. The van der Waals surface area contributed by atoms with Crippen molar-refractivity contribution < 1.29 is 4.74 Å². The molecule has 0 spiro atoms. The van der Waals surface area contributed by atoms with Crippen molar-refractivity contribution in [2.75, 3.05) is 18.5 Å². The highest BCUT2D eigenvalue weighted by atomic mass is 16.5. The molecule has 0 saturated carbocycles. The van der Waals surface area contributed by atoms with Crippen LogP contribution in [0.3, 0.4) is 0 Å². The standard InChI is InChI=1S/C16H20N2O/c1-3-9-17-14-8-10-18-16(12-14)13-6-5-7-15(11-13)19-4-2/h5-8,10-12H,3-4,9H2,1-2H3,(H,17,18). The number of benzene rings is 1. The van der Waals surface area contributed by atoms with Gasteiger partial charge in [-0.25, -0.2) is 0 Å². The summed E-state index contributed by atoms with van der Waals surface area (Å²) in [7, 11) is 0. The van der Waals surface area contributed by atoms with Gasteiger partial charge in [-0.15, -0.1) is 0 Å². The molecule has 1 N–H and O–H groups in total. The molecule has 0 atom stereocenters. The van der Waals surface area contributed by atoms with Gasteiger partial charge in [-0.05, 0) is 37.6 Å². The molecule has 0 radical (unpaired) electrons. The van der Waals surface area contributed by atoms with Crippen molar-refractivity contribution in [1.29, 1.82) is 0 Å². The molecule has 3 heteroatoms. The minimum Gasteiger partial charge on any atom is -0.494 e. The van der Waals surface area contributed by atoms with Crippen LogP contribution in [0.25, 0.3) is 11.3 Å². The van der Waals surface area contributed by atoms with Gasteiger partial charge in [0, 0.05) is 24.0 Å². The van der Waals surface area contributed by atoms with Gasteiger partial charge in [0.25, 0.3) is 0 Å². The van der Waals surface area contributed by atoms with Crippen LogP contribution in [0, 0.1) is 0 Å². The molecule has 0 aliphatic rings. The Kier molecular flexibility index (Phi) is 4.78. The summed E-state index contributed by atoms with van der Waals surface area (Å²) in [5.41, 5.74) is 3.14. The van der Waals surface area contributed by atoms with Gasteiger partial charge in [-0.2, -0.15) is 0 Å². The van der Waals surface area contributed by atoms with Gasteiger partial charge in [0.2, 0.25) is 0 Å². The second kappa shape index (κ2) is 6.78. The number of hydrogen-bond acceptors (Lipinski definition) is 3. The fourth-order valence-corrected chi connectivity index (χ4v) is 1.88. The minimum atomic E-state index is 0.676. The molecule has 0 bridgehead atoms. The van der Waals surface area contributed by atoms with Crippen LogP contribution in [0.2, 0.25) is 0 Å². The molecule has 1 aromatic heterocycles. The number of hydrogen-bond donors (Lipinski definition) is 1. The van der Waals surface area contributed by atoms with Crippen molar-refractivity contribution in [3.05, 3.63) is 42.6 Å². The maximum absolute atomic E-state index is 5.52. The monoisotopic (exact) mass is 256 g/mol. The quantitative estimate of drug-likeness (QED) is 0.849. The third-order valence-electron chi connectivity index (χ3n) is 2.78. The van der Waals surface area contributed by atoms with E-state index in [2.05, 4.69) is 29.4 Å². The van der Waals surface area contributed by atoms with Crippen molar-refractivity contribution >= 4 is 5.69 Å². The third-order valence-corrected chi connectivity index (χ3v) is 2.78. The van der Waals surface area contributed by atoms with E-state index in [-0.39, 0.29) is 0 Å². The highest BCUT2D eigenvalue weighted by Gasteiger charge is 2.02. The Morgan fingerprint density at radius 2 is 2.05 bits per heavy atom. The molecule has 1 aromatic carbocycles. The molecule has 2 rings (SSSR count). The predicted octanol–water partition coefficient (Wildman–Crippen LogP) is 3.97. The molecular formula is C16H20N2O. The van der Waals surface area contributed by atoms with E-state index < -0.39 is 0 Å². The van der Waals surface area contributed by atoms with Crippen molar-refractivity contribution in [3.8, 4) is 17.0 Å². The molecule has 2 aromatic rings. The first-order chi connectivity index (χ1) is 9.33. The Morgan fingerprint density at radius 1 is 1.16 bits per heavy atom. The maximum atomic E-state index is 5.52. The molecule has 0 aliphatic carbocycles. The second-order valence-corrected chi connectivity index (χ2v) is 4.32. The lowest BCUT2D eigenvalue weighted by atomic mass is 10.1. The van der Waals surface area contributed by atoms with E-state index in [1.54, 1.807) is 0 Å². The molecule has 100 valence electrons.